The summed E-state index contributed by atoms with van der Waals surface area (Å²) in [5, 5.41) is 3.37. The Morgan fingerprint density at radius 3 is 2.11 bits per heavy atom. The minimum absolute atomic E-state index is 0.582. The highest BCUT2D eigenvalue weighted by Gasteiger charge is 1.96. The monoisotopic (exact) mass is 242 g/mol. The fraction of sp³-hybridized carbons (Fsp3) is 0.200. The van der Waals surface area contributed by atoms with Gasteiger partial charge in [-0.1, -0.05) is 24.3 Å². The van der Waals surface area contributed by atoms with Gasteiger partial charge in [0.25, 0.3) is 0 Å². The van der Waals surface area contributed by atoms with Gasteiger partial charge in [0.1, 0.15) is 5.75 Å². The lowest BCUT2D eigenvalue weighted by Crippen LogP contribution is -2.00. The molecule has 0 spiro atoms. The number of nitrogens with two attached hydrogens (primary N) is 1. The summed E-state index contributed by atoms with van der Waals surface area (Å²) in [6.45, 7) is 1.38. The van der Waals surface area contributed by atoms with Crippen molar-refractivity contribution in [1.82, 2.24) is 0 Å². The summed E-state index contributed by atoms with van der Waals surface area (Å²) in [6.07, 6.45) is 0. The molecule has 2 aromatic rings. The Morgan fingerprint density at radius 1 is 0.944 bits per heavy atom. The van der Waals surface area contributed by atoms with Crippen molar-refractivity contribution in [1.29, 1.82) is 0 Å². The van der Waals surface area contributed by atoms with Crippen LogP contribution in [0.15, 0.2) is 48.5 Å². The Labute approximate surface area is 108 Å². The summed E-state index contributed by atoms with van der Waals surface area (Å²) in [5.74, 6) is 0.881. The molecule has 3 nitrogen and oxygen atoms in total. The Bertz CT molecular complexity index is 429. The third kappa shape index (κ3) is 3.25. The van der Waals surface area contributed by atoms with E-state index in [0.29, 0.717) is 6.54 Å². The molecule has 0 aromatic heterocycles. The van der Waals surface area contributed by atoms with Crippen LogP contribution in [0.2, 0.25) is 0 Å². The van der Waals surface area contributed by atoms with Crippen LogP contribution in [-0.4, -0.2) is 7.11 Å². The molecular weight excluding hydrogens is 224 g/mol. The number of rotatable bonds is 5. The Hall–Kier alpha value is -2.00. The van der Waals surface area contributed by atoms with Crippen molar-refractivity contribution in [3.05, 3.63) is 59.7 Å². The lowest BCUT2D eigenvalue weighted by Gasteiger charge is -2.08. The maximum absolute atomic E-state index is 5.56. The quantitative estimate of drug-likeness (QED) is 0.847. The van der Waals surface area contributed by atoms with E-state index in [1.165, 1.54) is 5.56 Å². The SMILES string of the molecule is COc1ccc(CNc2ccc(CN)cc2)cc1. The zero-order chi connectivity index (χ0) is 12.8. The van der Waals surface area contributed by atoms with Crippen LogP contribution < -0.4 is 15.8 Å². The van der Waals surface area contributed by atoms with Gasteiger partial charge in [-0.25, -0.2) is 0 Å². The molecule has 0 radical (unpaired) electrons. The second-order valence-corrected chi connectivity index (χ2v) is 4.10. The number of nitrogens with one attached hydrogen (secondary N) is 1. The number of methoxy groups -OCH3 is 1. The lowest BCUT2D eigenvalue weighted by atomic mass is 10.2. The van der Waals surface area contributed by atoms with Gasteiger partial charge in [-0.3, -0.25) is 0 Å². The van der Waals surface area contributed by atoms with Crippen LogP contribution in [0.5, 0.6) is 5.75 Å². The molecule has 0 saturated carbocycles. The molecule has 0 heterocycles. The summed E-state index contributed by atoms with van der Waals surface area (Å²) in [6, 6.07) is 16.2. The van der Waals surface area contributed by atoms with E-state index in [4.69, 9.17) is 10.5 Å². The predicted octanol–water partition coefficient (Wildman–Crippen LogP) is 2.77. The van der Waals surface area contributed by atoms with Crippen LogP contribution in [0.4, 0.5) is 5.69 Å². The van der Waals surface area contributed by atoms with E-state index < -0.39 is 0 Å². The van der Waals surface area contributed by atoms with Gasteiger partial charge in [-0.2, -0.15) is 0 Å². The predicted molar refractivity (Wildman–Crippen MR) is 74.7 cm³/mol. The van der Waals surface area contributed by atoms with Gasteiger partial charge in [0, 0.05) is 18.8 Å². The zero-order valence-electron chi connectivity index (χ0n) is 10.5. The first-order chi connectivity index (χ1) is 8.81. The number of hydrogen-bond donors (Lipinski definition) is 2. The minimum Gasteiger partial charge on any atom is -0.497 e. The van der Waals surface area contributed by atoms with Gasteiger partial charge in [0.05, 0.1) is 7.11 Å². The first-order valence-corrected chi connectivity index (χ1v) is 5.97. The van der Waals surface area contributed by atoms with Gasteiger partial charge in [0.2, 0.25) is 0 Å². The summed E-state index contributed by atoms with van der Waals surface area (Å²) in [7, 11) is 1.67. The van der Waals surface area contributed by atoms with E-state index >= 15 is 0 Å². The molecule has 3 N–H and O–H groups in total. The lowest BCUT2D eigenvalue weighted by molar-refractivity contribution is 0.414. The zero-order valence-corrected chi connectivity index (χ0v) is 10.5. The van der Waals surface area contributed by atoms with Crippen molar-refractivity contribution in [3.63, 3.8) is 0 Å². The standard InChI is InChI=1S/C15H18N2O/c1-18-15-8-4-13(5-9-15)11-17-14-6-2-12(10-16)3-7-14/h2-9,17H,10-11,16H2,1H3. The molecule has 0 amide bonds. The van der Waals surface area contributed by atoms with Crippen LogP contribution in [0.3, 0.4) is 0 Å². The molecule has 0 atom stereocenters. The van der Waals surface area contributed by atoms with Gasteiger partial charge >= 0.3 is 0 Å². The maximum Gasteiger partial charge on any atom is 0.118 e. The highest BCUT2D eigenvalue weighted by Crippen LogP contribution is 2.14. The molecule has 0 saturated heterocycles. The molecule has 18 heavy (non-hydrogen) atoms. The number of anilines is 1. The summed E-state index contributed by atoms with van der Waals surface area (Å²) >= 11 is 0. The molecule has 0 aliphatic rings. The molecule has 0 unspecified atom stereocenters. The molecule has 2 rings (SSSR count). The van der Waals surface area contributed by atoms with E-state index in [0.717, 1.165) is 23.5 Å². The molecule has 94 valence electrons. The van der Waals surface area contributed by atoms with E-state index in [1.54, 1.807) is 7.11 Å². The van der Waals surface area contributed by atoms with Crippen molar-refractivity contribution >= 4 is 5.69 Å². The molecule has 0 fully saturated rings. The normalized spacial score (nSPS) is 10.1. The van der Waals surface area contributed by atoms with Gasteiger partial charge in [-0.15, -0.1) is 0 Å². The molecule has 0 aliphatic heterocycles. The van der Waals surface area contributed by atoms with Crippen LogP contribution in [0.1, 0.15) is 11.1 Å². The van der Waals surface area contributed by atoms with Crippen molar-refractivity contribution in [2.24, 2.45) is 5.73 Å². The van der Waals surface area contributed by atoms with Crippen LogP contribution in [0, 0.1) is 0 Å². The summed E-state index contributed by atoms with van der Waals surface area (Å²) in [4.78, 5) is 0. The van der Waals surface area contributed by atoms with Gasteiger partial charge < -0.3 is 15.8 Å². The molecule has 2 aromatic carbocycles. The van der Waals surface area contributed by atoms with Crippen molar-refractivity contribution in [2.75, 3.05) is 12.4 Å². The first-order valence-electron chi connectivity index (χ1n) is 5.97. The largest absolute Gasteiger partial charge is 0.497 e. The van der Waals surface area contributed by atoms with Crippen LogP contribution in [0.25, 0.3) is 0 Å². The van der Waals surface area contributed by atoms with E-state index in [1.807, 2.05) is 36.4 Å². The molecule has 3 heteroatoms. The smallest absolute Gasteiger partial charge is 0.118 e. The fourth-order valence-electron chi connectivity index (χ4n) is 1.71. The Balaban J connectivity index is 1.93. The highest BCUT2D eigenvalue weighted by atomic mass is 16.5. The van der Waals surface area contributed by atoms with Gasteiger partial charge in [0.15, 0.2) is 0 Å². The van der Waals surface area contributed by atoms with E-state index in [-0.39, 0.29) is 0 Å². The number of ether oxygens (including phenoxy) is 1. The fourth-order valence-corrected chi connectivity index (χ4v) is 1.71. The highest BCUT2D eigenvalue weighted by molar-refractivity contribution is 5.45. The Kier molecular flexibility index (Phi) is 4.20. The van der Waals surface area contributed by atoms with Crippen LogP contribution >= 0.6 is 0 Å². The average molecular weight is 242 g/mol. The van der Waals surface area contributed by atoms with Crippen molar-refractivity contribution < 1.29 is 4.74 Å². The van der Waals surface area contributed by atoms with Gasteiger partial charge in [-0.05, 0) is 35.4 Å². The van der Waals surface area contributed by atoms with Crippen molar-refractivity contribution in [2.45, 2.75) is 13.1 Å². The Morgan fingerprint density at radius 2 is 1.56 bits per heavy atom. The molecule has 0 aliphatic carbocycles. The molecule has 0 bridgehead atoms. The van der Waals surface area contributed by atoms with Crippen molar-refractivity contribution in [3.8, 4) is 5.75 Å². The first kappa shape index (κ1) is 12.5. The topological polar surface area (TPSA) is 47.3 Å². The van der Waals surface area contributed by atoms with E-state index in [9.17, 15) is 0 Å². The number of hydrogen-bond acceptors (Lipinski definition) is 3. The average Bonchev–Trinajstić information content (AvgIpc) is 2.46. The summed E-state index contributed by atoms with van der Waals surface area (Å²) < 4.78 is 5.13. The second-order valence-electron chi connectivity index (χ2n) is 4.10. The third-order valence-electron chi connectivity index (χ3n) is 2.85. The third-order valence-corrected chi connectivity index (χ3v) is 2.85. The summed E-state index contributed by atoms with van der Waals surface area (Å²) in [5.41, 5.74) is 9.02. The maximum atomic E-state index is 5.56. The second kappa shape index (κ2) is 6.07. The minimum atomic E-state index is 0.582. The molecular formula is C15H18N2O. The van der Waals surface area contributed by atoms with Crippen LogP contribution in [-0.2, 0) is 13.1 Å². The number of benzene rings is 2. The van der Waals surface area contributed by atoms with E-state index in [2.05, 4.69) is 17.4 Å².